The average Bonchev–Trinajstić information content (AvgIpc) is 1.30. The van der Waals surface area contributed by atoms with Crippen LogP contribution in [0.2, 0.25) is 0 Å². The quantitative estimate of drug-likeness (QED) is 0.461. The first kappa shape index (κ1) is 7.53. The molecule has 0 amide bonds. The number of nitrogens with two attached hydrogens (primary N) is 2. The summed E-state index contributed by atoms with van der Waals surface area (Å²) in [6.45, 7) is 0.589. The SMILES string of the molecule is CCNP(N)(N)=S. The first-order valence-electron chi connectivity index (χ1n) is 1.98. The highest BCUT2D eigenvalue weighted by Crippen LogP contribution is 2.16. The number of hydrogen-bond donors (Lipinski definition) is 3. The van der Waals surface area contributed by atoms with E-state index < -0.39 is 6.49 Å². The molecule has 0 aliphatic carbocycles. The molecule has 3 nitrogen and oxygen atoms in total. The molecule has 0 spiro atoms. The Labute approximate surface area is 48.6 Å². The van der Waals surface area contributed by atoms with Crippen molar-refractivity contribution in [3.63, 3.8) is 0 Å². The van der Waals surface area contributed by atoms with Crippen LogP contribution in [0.4, 0.5) is 0 Å². The standard InChI is InChI=1S/C2H10N3PS/c1-2-5-6(3,4)7/h2H2,1H3,(H5,3,4,5,7). The molecule has 0 aliphatic rings. The topological polar surface area (TPSA) is 64.1 Å². The van der Waals surface area contributed by atoms with Crippen LogP contribution in [-0.2, 0) is 11.8 Å². The molecule has 0 heterocycles. The van der Waals surface area contributed by atoms with Gasteiger partial charge < -0.3 is 0 Å². The summed E-state index contributed by atoms with van der Waals surface area (Å²) in [5.41, 5.74) is 10.5. The lowest BCUT2D eigenvalue weighted by molar-refractivity contribution is 1.01. The average molecular weight is 139 g/mol. The molecule has 0 saturated heterocycles. The maximum absolute atomic E-state index is 5.24. The second-order valence-electron chi connectivity index (χ2n) is 1.22. The Hall–Kier alpha value is 0.530. The normalized spacial score (nSPS) is 11.9. The van der Waals surface area contributed by atoms with Crippen molar-refractivity contribution < 1.29 is 0 Å². The summed E-state index contributed by atoms with van der Waals surface area (Å²) < 4.78 is 0. The van der Waals surface area contributed by atoms with Crippen LogP contribution in [0.15, 0.2) is 0 Å². The summed E-state index contributed by atoms with van der Waals surface area (Å²) in [6, 6.07) is 0. The molecule has 0 aromatic carbocycles. The Kier molecular flexibility index (Phi) is 2.95. The van der Waals surface area contributed by atoms with Crippen molar-refractivity contribution in [1.29, 1.82) is 0 Å². The van der Waals surface area contributed by atoms with Crippen molar-refractivity contribution in [2.45, 2.75) is 6.92 Å². The van der Waals surface area contributed by atoms with Crippen LogP contribution in [0, 0.1) is 0 Å². The second kappa shape index (κ2) is 2.74. The molecule has 5 heteroatoms. The van der Waals surface area contributed by atoms with Crippen LogP contribution in [0.3, 0.4) is 0 Å². The van der Waals surface area contributed by atoms with E-state index in [1.54, 1.807) is 0 Å². The van der Waals surface area contributed by atoms with E-state index in [-0.39, 0.29) is 0 Å². The highest BCUT2D eigenvalue weighted by atomic mass is 32.4. The second-order valence-corrected chi connectivity index (χ2v) is 4.77. The molecule has 0 fully saturated rings. The fourth-order valence-corrected chi connectivity index (χ4v) is 1.13. The van der Waals surface area contributed by atoms with Crippen molar-refractivity contribution in [3.05, 3.63) is 0 Å². The molecule has 0 aromatic heterocycles. The zero-order valence-electron chi connectivity index (χ0n) is 4.22. The van der Waals surface area contributed by atoms with Crippen molar-refractivity contribution >= 4 is 18.3 Å². The van der Waals surface area contributed by atoms with Gasteiger partial charge in [-0.05, 0) is 18.4 Å². The summed E-state index contributed by atoms with van der Waals surface area (Å²) in [5.74, 6) is 0. The van der Waals surface area contributed by atoms with Crippen LogP contribution >= 0.6 is 6.49 Å². The van der Waals surface area contributed by atoms with Crippen LogP contribution in [-0.4, -0.2) is 6.54 Å². The van der Waals surface area contributed by atoms with Crippen LogP contribution in [0.1, 0.15) is 6.92 Å². The predicted molar refractivity (Wildman–Crippen MR) is 36.3 cm³/mol. The smallest absolute Gasteiger partial charge is 0.132 e. The van der Waals surface area contributed by atoms with E-state index >= 15 is 0 Å². The van der Waals surface area contributed by atoms with Gasteiger partial charge in [-0.1, -0.05) is 6.92 Å². The highest BCUT2D eigenvalue weighted by molar-refractivity contribution is 8.11. The Morgan fingerprint density at radius 2 is 2.14 bits per heavy atom. The number of hydrogen-bond acceptors (Lipinski definition) is 1. The molecule has 5 N–H and O–H groups in total. The fourth-order valence-electron chi connectivity index (χ4n) is 0.247. The van der Waals surface area contributed by atoms with Crippen molar-refractivity contribution in [1.82, 2.24) is 5.09 Å². The van der Waals surface area contributed by atoms with Crippen LogP contribution in [0.5, 0.6) is 0 Å². The molecule has 44 valence electrons. The summed E-state index contributed by atoms with van der Waals surface area (Å²) >= 11 is 4.64. The number of nitrogens with one attached hydrogen (secondary N) is 1. The molecular weight excluding hydrogens is 129 g/mol. The Morgan fingerprint density at radius 1 is 1.71 bits per heavy atom. The third-order valence-electron chi connectivity index (χ3n) is 0.405. The first-order chi connectivity index (χ1) is 3.06. The molecule has 0 unspecified atom stereocenters. The van der Waals surface area contributed by atoms with E-state index in [9.17, 15) is 0 Å². The summed E-state index contributed by atoms with van der Waals surface area (Å²) in [5, 5.41) is 2.77. The van der Waals surface area contributed by atoms with E-state index in [1.807, 2.05) is 6.92 Å². The van der Waals surface area contributed by atoms with Crippen molar-refractivity contribution in [2.24, 2.45) is 11.0 Å². The molecule has 0 aliphatic heterocycles. The molecule has 0 aromatic rings. The van der Waals surface area contributed by atoms with Gasteiger partial charge in [-0.3, -0.25) is 16.1 Å². The Balaban J connectivity index is 3.36. The predicted octanol–water partition coefficient (Wildman–Crippen LogP) is -0.262. The highest BCUT2D eigenvalue weighted by Gasteiger charge is 1.95. The summed E-state index contributed by atoms with van der Waals surface area (Å²) in [6.07, 6.45) is 0. The van der Waals surface area contributed by atoms with Crippen LogP contribution < -0.4 is 16.1 Å². The first-order valence-corrected chi connectivity index (χ1v) is 4.92. The van der Waals surface area contributed by atoms with Gasteiger partial charge in [0.15, 0.2) is 0 Å². The van der Waals surface area contributed by atoms with Gasteiger partial charge in [-0.2, -0.15) is 0 Å². The molecule has 0 rings (SSSR count). The van der Waals surface area contributed by atoms with E-state index in [4.69, 9.17) is 11.0 Å². The van der Waals surface area contributed by atoms with Gasteiger partial charge in [0.1, 0.15) is 6.49 Å². The van der Waals surface area contributed by atoms with Gasteiger partial charge in [-0.25, -0.2) is 0 Å². The molecule has 0 saturated carbocycles. The lowest BCUT2D eigenvalue weighted by Crippen LogP contribution is -2.21. The lowest BCUT2D eigenvalue weighted by Gasteiger charge is -2.08. The summed E-state index contributed by atoms with van der Waals surface area (Å²) in [7, 11) is 0. The summed E-state index contributed by atoms with van der Waals surface area (Å²) in [4.78, 5) is 0. The van der Waals surface area contributed by atoms with Gasteiger partial charge >= 0.3 is 0 Å². The zero-order valence-corrected chi connectivity index (χ0v) is 5.93. The molecule has 0 atom stereocenters. The lowest BCUT2D eigenvalue weighted by atomic mass is 10.8. The molecular formula is C2H10N3PS. The van der Waals surface area contributed by atoms with E-state index in [1.165, 1.54) is 0 Å². The van der Waals surface area contributed by atoms with Gasteiger partial charge in [0.05, 0.1) is 0 Å². The maximum atomic E-state index is 5.24. The van der Waals surface area contributed by atoms with Gasteiger partial charge in [0.2, 0.25) is 0 Å². The van der Waals surface area contributed by atoms with Gasteiger partial charge in [0.25, 0.3) is 0 Å². The maximum Gasteiger partial charge on any atom is 0.132 e. The number of rotatable bonds is 2. The van der Waals surface area contributed by atoms with Crippen molar-refractivity contribution in [2.75, 3.05) is 6.54 Å². The van der Waals surface area contributed by atoms with E-state index in [2.05, 4.69) is 16.9 Å². The van der Waals surface area contributed by atoms with Gasteiger partial charge in [0, 0.05) is 0 Å². The van der Waals surface area contributed by atoms with Crippen molar-refractivity contribution in [3.8, 4) is 0 Å². The minimum absolute atomic E-state index is 0.754. The minimum atomic E-state index is -2.08. The third-order valence-corrected chi connectivity index (χ3v) is 1.60. The zero-order chi connectivity index (χ0) is 5.91. The Bertz CT molecular complexity index is 86.9. The monoisotopic (exact) mass is 139 g/mol. The molecule has 0 bridgehead atoms. The van der Waals surface area contributed by atoms with Gasteiger partial charge in [-0.15, -0.1) is 0 Å². The largest absolute Gasteiger partial charge is 0.280 e. The van der Waals surface area contributed by atoms with Crippen LogP contribution in [0.25, 0.3) is 0 Å². The van der Waals surface area contributed by atoms with E-state index in [0.717, 1.165) is 6.54 Å². The Morgan fingerprint density at radius 3 is 2.14 bits per heavy atom. The molecule has 0 radical (unpaired) electrons. The molecule has 7 heavy (non-hydrogen) atoms. The minimum Gasteiger partial charge on any atom is -0.280 e. The third kappa shape index (κ3) is 6.53. The van der Waals surface area contributed by atoms with E-state index in [0.29, 0.717) is 0 Å². The fraction of sp³-hybridized carbons (Fsp3) is 1.00.